The van der Waals surface area contributed by atoms with Crippen LogP contribution >= 0.6 is 12.4 Å². The van der Waals surface area contributed by atoms with Crippen LogP contribution in [0, 0.1) is 0 Å². The number of nitrogens with one attached hydrogen (secondary N) is 2. The maximum atomic E-state index is 12.0. The minimum absolute atomic E-state index is 0. The number of para-hydroxylation sites is 1. The van der Waals surface area contributed by atoms with Gasteiger partial charge in [0.25, 0.3) is 0 Å². The van der Waals surface area contributed by atoms with E-state index in [-0.39, 0.29) is 24.9 Å². The Bertz CT molecular complexity index is 591. The molecule has 0 saturated heterocycles. The molecule has 2 aromatic rings. The Morgan fingerprint density at radius 1 is 1.04 bits per heavy atom. The van der Waals surface area contributed by atoms with Crippen molar-refractivity contribution in [1.29, 1.82) is 0 Å². The summed E-state index contributed by atoms with van der Waals surface area (Å²) >= 11 is 0. The molecule has 4 nitrogen and oxygen atoms in total. The number of hydrogen-bond donors (Lipinski definition) is 2. The number of amides is 1. The topological polar surface area (TPSA) is 50.4 Å². The van der Waals surface area contributed by atoms with Gasteiger partial charge in [-0.25, -0.2) is 0 Å². The zero-order valence-electron chi connectivity index (χ0n) is 13.2. The molecule has 0 fully saturated rings. The molecule has 0 aliphatic carbocycles. The molecule has 0 radical (unpaired) electrons. The number of halogens is 1. The minimum atomic E-state index is -0.0448. The lowest BCUT2D eigenvalue weighted by Gasteiger charge is -2.11. The zero-order chi connectivity index (χ0) is 15.6. The second-order valence-corrected chi connectivity index (χ2v) is 5.04. The van der Waals surface area contributed by atoms with E-state index in [4.69, 9.17) is 4.74 Å². The number of carbonyl (C=O) groups is 1. The highest BCUT2D eigenvalue weighted by Gasteiger charge is 2.06. The fraction of sp³-hybridized carbons (Fsp3) is 0.278. The number of rotatable bonds is 8. The van der Waals surface area contributed by atoms with E-state index >= 15 is 0 Å². The summed E-state index contributed by atoms with van der Waals surface area (Å²) in [6.45, 7) is 1.54. The maximum Gasteiger partial charge on any atom is 0.238 e. The van der Waals surface area contributed by atoms with Crippen LogP contribution in [-0.2, 0) is 16.0 Å². The van der Waals surface area contributed by atoms with Crippen LogP contribution in [-0.4, -0.2) is 32.7 Å². The summed E-state index contributed by atoms with van der Waals surface area (Å²) in [5, 5.41) is 6.00. The summed E-state index contributed by atoms with van der Waals surface area (Å²) in [5.74, 6) is -0.0448. The summed E-state index contributed by atoms with van der Waals surface area (Å²) in [6, 6.07) is 18.1. The van der Waals surface area contributed by atoms with Gasteiger partial charge >= 0.3 is 0 Å². The van der Waals surface area contributed by atoms with Gasteiger partial charge < -0.3 is 15.4 Å². The van der Waals surface area contributed by atoms with Crippen LogP contribution < -0.4 is 10.6 Å². The molecule has 2 aromatic carbocycles. The van der Waals surface area contributed by atoms with Crippen molar-refractivity contribution in [2.75, 3.05) is 32.1 Å². The molecule has 5 heteroatoms. The van der Waals surface area contributed by atoms with Crippen LogP contribution in [0.3, 0.4) is 0 Å². The van der Waals surface area contributed by atoms with E-state index < -0.39 is 0 Å². The number of carbonyl (C=O) groups excluding carboxylic acids is 1. The molecule has 0 unspecified atom stereocenters. The highest BCUT2D eigenvalue weighted by molar-refractivity contribution is 5.93. The van der Waals surface area contributed by atoms with Gasteiger partial charge in [0.15, 0.2) is 0 Å². The zero-order valence-corrected chi connectivity index (χ0v) is 14.1. The molecule has 0 bridgehead atoms. The highest BCUT2D eigenvalue weighted by Crippen LogP contribution is 2.18. The second kappa shape index (κ2) is 10.8. The van der Waals surface area contributed by atoms with E-state index in [9.17, 15) is 4.79 Å². The van der Waals surface area contributed by atoms with Crippen molar-refractivity contribution in [3.8, 4) is 0 Å². The summed E-state index contributed by atoms with van der Waals surface area (Å²) in [7, 11) is 1.64. The molecular formula is C18H23ClN2O2. The Kier molecular flexibility index (Phi) is 8.98. The van der Waals surface area contributed by atoms with Gasteiger partial charge in [-0.1, -0.05) is 48.5 Å². The van der Waals surface area contributed by atoms with Gasteiger partial charge in [-0.05, 0) is 23.6 Å². The van der Waals surface area contributed by atoms with Crippen LogP contribution in [0.5, 0.6) is 0 Å². The summed E-state index contributed by atoms with van der Waals surface area (Å²) < 4.78 is 4.93. The van der Waals surface area contributed by atoms with Crippen LogP contribution in [0.15, 0.2) is 54.6 Å². The first kappa shape index (κ1) is 19.2. The Hall–Kier alpha value is -1.88. The lowest BCUT2D eigenvalue weighted by atomic mass is 10.0. The Labute approximate surface area is 143 Å². The van der Waals surface area contributed by atoms with Crippen molar-refractivity contribution >= 4 is 24.0 Å². The predicted octanol–water partition coefficient (Wildman–Crippen LogP) is 2.87. The number of methoxy groups -OCH3 is 1. The van der Waals surface area contributed by atoms with Gasteiger partial charge in [0.2, 0.25) is 5.91 Å². The molecule has 2 rings (SSSR count). The number of hydrogen-bond acceptors (Lipinski definition) is 3. The normalized spacial score (nSPS) is 9.96. The molecule has 0 aromatic heterocycles. The van der Waals surface area contributed by atoms with Gasteiger partial charge in [0.05, 0.1) is 13.2 Å². The predicted molar refractivity (Wildman–Crippen MR) is 96.3 cm³/mol. The van der Waals surface area contributed by atoms with Gasteiger partial charge in [0.1, 0.15) is 0 Å². The third kappa shape index (κ3) is 6.82. The van der Waals surface area contributed by atoms with E-state index in [0.29, 0.717) is 13.2 Å². The smallest absolute Gasteiger partial charge is 0.238 e. The van der Waals surface area contributed by atoms with Crippen LogP contribution in [0.4, 0.5) is 5.69 Å². The van der Waals surface area contributed by atoms with Gasteiger partial charge in [0, 0.05) is 19.3 Å². The summed E-state index contributed by atoms with van der Waals surface area (Å²) in [4.78, 5) is 12.0. The molecule has 0 heterocycles. The van der Waals surface area contributed by atoms with Gasteiger partial charge in [-0.3, -0.25) is 4.79 Å². The van der Waals surface area contributed by atoms with Crippen LogP contribution in [0.2, 0.25) is 0 Å². The first-order valence-corrected chi connectivity index (χ1v) is 7.41. The number of ether oxygens (including phenoxy) is 1. The van der Waals surface area contributed by atoms with Crippen molar-refractivity contribution in [3.63, 3.8) is 0 Å². The van der Waals surface area contributed by atoms with Crippen molar-refractivity contribution in [3.05, 3.63) is 65.7 Å². The monoisotopic (exact) mass is 334 g/mol. The molecule has 0 saturated carbocycles. The molecule has 0 spiro atoms. The van der Waals surface area contributed by atoms with Gasteiger partial charge in [-0.15, -0.1) is 12.4 Å². The Morgan fingerprint density at radius 3 is 2.48 bits per heavy atom. The molecule has 0 aliphatic rings. The second-order valence-electron chi connectivity index (χ2n) is 5.04. The van der Waals surface area contributed by atoms with E-state index in [1.54, 1.807) is 7.11 Å². The largest absolute Gasteiger partial charge is 0.383 e. The van der Waals surface area contributed by atoms with Crippen molar-refractivity contribution in [2.45, 2.75) is 6.42 Å². The van der Waals surface area contributed by atoms with Crippen LogP contribution in [0.25, 0.3) is 0 Å². The van der Waals surface area contributed by atoms with Crippen molar-refractivity contribution < 1.29 is 9.53 Å². The molecule has 2 N–H and O–H groups in total. The van der Waals surface area contributed by atoms with Crippen LogP contribution in [0.1, 0.15) is 11.1 Å². The fourth-order valence-corrected chi connectivity index (χ4v) is 2.18. The van der Waals surface area contributed by atoms with Crippen molar-refractivity contribution in [2.24, 2.45) is 0 Å². The lowest BCUT2D eigenvalue weighted by Crippen LogP contribution is -2.30. The lowest BCUT2D eigenvalue weighted by molar-refractivity contribution is -0.115. The molecule has 0 aliphatic heterocycles. The van der Waals surface area contributed by atoms with Crippen molar-refractivity contribution in [1.82, 2.24) is 5.32 Å². The molecule has 124 valence electrons. The quantitative estimate of drug-likeness (QED) is 0.730. The molecule has 0 atom stereocenters. The van der Waals surface area contributed by atoms with E-state index in [1.165, 1.54) is 5.56 Å². The standard InChI is InChI=1S/C18H22N2O2.ClH/c1-22-12-11-19-14-18(21)20-17-10-6-5-9-16(17)13-15-7-3-2-4-8-15;/h2-10,19H,11-14H2,1H3,(H,20,21);1H. The highest BCUT2D eigenvalue weighted by atomic mass is 35.5. The Morgan fingerprint density at radius 2 is 1.74 bits per heavy atom. The average Bonchev–Trinajstić information content (AvgIpc) is 2.54. The van der Waals surface area contributed by atoms with E-state index in [2.05, 4.69) is 22.8 Å². The minimum Gasteiger partial charge on any atom is -0.383 e. The van der Waals surface area contributed by atoms with E-state index in [1.807, 2.05) is 42.5 Å². The number of anilines is 1. The summed E-state index contributed by atoms with van der Waals surface area (Å²) in [5.41, 5.74) is 3.20. The SMILES string of the molecule is COCCNCC(=O)Nc1ccccc1Cc1ccccc1.Cl. The fourth-order valence-electron chi connectivity index (χ4n) is 2.18. The first-order chi connectivity index (χ1) is 10.8. The molecule has 23 heavy (non-hydrogen) atoms. The molecule has 1 amide bonds. The summed E-state index contributed by atoms with van der Waals surface area (Å²) in [6.07, 6.45) is 0.800. The third-order valence-corrected chi connectivity index (χ3v) is 3.30. The average molecular weight is 335 g/mol. The third-order valence-electron chi connectivity index (χ3n) is 3.30. The van der Waals surface area contributed by atoms with Gasteiger partial charge in [-0.2, -0.15) is 0 Å². The Balaban J connectivity index is 0.00000264. The maximum absolute atomic E-state index is 12.0. The first-order valence-electron chi connectivity index (χ1n) is 7.41. The molecular weight excluding hydrogens is 312 g/mol. The number of benzene rings is 2. The van der Waals surface area contributed by atoms with E-state index in [0.717, 1.165) is 17.7 Å².